The molecule has 3 aromatic rings. The van der Waals surface area contributed by atoms with Gasteiger partial charge in [0.1, 0.15) is 11.7 Å². The van der Waals surface area contributed by atoms with Gasteiger partial charge in [0, 0.05) is 28.2 Å². The van der Waals surface area contributed by atoms with Crippen molar-refractivity contribution < 1.29 is 4.79 Å². The van der Waals surface area contributed by atoms with Crippen molar-refractivity contribution in [3.05, 3.63) is 48.3 Å². The minimum atomic E-state index is -0.212. The second-order valence-corrected chi connectivity index (χ2v) is 9.10. The molecule has 0 saturated carbocycles. The number of amides is 1. The van der Waals surface area contributed by atoms with Crippen molar-refractivity contribution in [2.24, 2.45) is 0 Å². The minimum Gasteiger partial charge on any atom is -0.328 e. The van der Waals surface area contributed by atoms with E-state index < -0.39 is 0 Å². The first-order valence-electron chi connectivity index (χ1n) is 9.71. The van der Waals surface area contributed by atoms with E-state index in [0.29, 0.717) is 0 Å². The molecule has 0 unspecified atom stereocenters. The van der Waals surface area contributed by atoms with Crippen LogP contribution in [-0.2, 0) is 16.8 Å². The first kappa shape index (κ1) is 21.5. The number of halogens is 1. The number of fused-ring (bicyclic) bond motifs is 1. The number of carbonyl (C=O) groups excluding carboxylic acids is 1. The Morgan fingerprint density at radius 3 is 2.45 bits per heavy atom. The quantitative estimate of drug-likeness (QED) is 0.354. The van der Waals surface area contributed by atoms with Crippen molar-refractivity contribution in [1.82, 2.24) is 9.55 Å². The predicted octanol–water partition coefficient (Wildman–Crippen LogP) is 6.04. The minimum absolute atomic E-state index is 0.00282. The van der Waals surface area contributed by atoms with E-state index in [9.17, 15) is 4.79 Å². The number of imidazole rings is 1. The molecule has 0 bridgehead atoms. The van der Waals surface area contributed by atoms with E-state index in [1.807, 2.05) is 24.3 Å². The molecule has 0 aliphatic carbocycles. The normalized spacial score (nSPS) is 11.6. The number of hydrogen-bond acceptors (Lipinski definition) is 4. The Hall–Kier alpha value is -2.18. The highest BCUT2D eigenvalue weighted by Crippen LogP contribution is 2.30. The largest absolute Gasteiger partial charge is 0.328 e. The summed E-state index contributed by atoms with van der Waals surface area (Å²) in [7, 11) is 0. The molecule has 154 valence electrons. The number of nitrogens with one attached hydrogen (secondary N) is 2. The number of aryl methyl sites for hydroxylation is 1. The van der Waals surface area contributed by atoms with Gasteiger partial charge in [-0.25, -0.2) is 4.98 Å². The van der Waals surface area contributed by atoms with Crippen LogP contribution >= 0.6 is 23.5 Å². The fourth-order valence-corrected chi connectivity index (χ4v) is 3.84. The first-order chi connectivity index (χ1) is 13.8. The van der Waals surface area contributed by atoms with Gasteiger partial charge in [0.05, 0.1) is 11.0 Å². The highest BCUT2D eigenvalue weighted by molar-refractivity contribution is 8.00. The number of carbonyl (C=O) groups is 1. The summed E-state index contributed by atoms with van der Waals surface area (Å²) >= 11 is 7.03. The molecule has 1 heterocycles. The predicted molar refractivity (Wildman–Crippen MR) is 124 cm³/mol. The Bertz CT molecular complexity index is 992. The standard InChI is InChI=1S/C22H27ClN4OS/c1-5-12-27-19-11-8-16(13-18(19)25-21(27)22(2,3)4)26-29-17-9-6-15(7-10-17)24-20(28)14-23/h6-11,13,26H,5,12,14H2,1-4H3,(H,24,28). The van der Waals surface area contributed by atoms with Gasteiger partial charge in [0.25, 0.3) is 0 Å². The van der Waals surface area contributed by atoms with Crippen LogP contribution in [0.25, 0.3) is 11.0 Å². The third-order valence-electron chi connectivity index (χ3n) is 4.41. The Morgan fingerprint density at radius 2 is 1.83 bits per heavy atom. The molecule has 0 spiro atoms. The Labute approximate surface area is 181 Å². The first-order valence-corrected chi connectivity index (χ1v) is 11.1. The van der Waals surface area contributed by atoms with Crippen LogP contribution in [0.3, 0.4) is 0 Å². The van der Waals surface area contributed by atoms with Gasteiger partial charge in [0.2, 0.25) is 5.91 Å². The molecule has 0 aliphatic rings. The maximum atomic E-state index is 11.3. The monoisotopic (exact) mass is 430 g/mol. The van der Waals surface area contributed by atoms with Crippen LogP contribution in [0.4, 0.5) is 11.4 Å². The molecule has 29 heavy (non-hydrogen) atoms. The molecular weight excluding hydrogens is 404 g/mol. The maximum Gasteiger partial charge on any atom is 0.239 e. The summed E-state index contributed by atoms with van der Waals surface area (Å²) in [5.74, 6) is 0.857. The lowest BCUT2D eigenvalue weighted by molar-refractivity contribution is -0.113. The van der Waals surface area contributed by atoms with Gasteiger partial charge < -0.3 is 14.6 Å². The number of alkyl halides is 1. The van der Waals surface area contributed by atoms with Gasteiger partial charge in [-0.05, 0) is 60.8 Å². The van der Waals surface area contributed by atoms with E-state index >= 15 is 0 Å². The van der Waals surface area contributed by atoms with E-state index in [1.54, 1.807) is 0 Å². The molecule has 0 radical (unpaired) electrons. The molecule has 1 amide bonds. The molecule has 0 saturated heterocycles. The highest BCUT2D eigenvalue weighted by atomic mass is 35.5. The van der Waals surface area contributed by atoms with Crippen molar-refractivity contribution >= 4 is 51.9 Å². The Morgan fingerprint density at radius 1 is 1.14 bits per heavy atom. The molecule has 0 atom stereocenters. The van der Waals surface area contributed by atoms with E-state index in [-0.39, 0.29) is 17.2 Å². The maximum absolute atomic E-state index is 11.3. The highest BCUT2D eigenvalue weighted by Gasteiger charge is 2.22. The molecule has 0 fully saturated rings. The number of anilines is 2. The third-order valence-corrected chi connectivity index (χ3v) is 5.50. The van der Waals surface area contributed by atoms with Gasteiger partial charge in [0.15, 0.2) is 0 Å². The van der Waals surface area contributed by atoms with Crippen molar-refractivity contribution in [3.8, 4) is 0 Å². The van der Waals surface area contributed by atoms with Gasteiger partial charge in [-0.15, -0.1) is 11.6 Å². The number of benzene rings is 2. The smallest absolute Gasteiger partial charge is 0.239 e. The zero-order valence-electron chi connectivity index (χ0n) is 17.3. The molecule has 0 aliphatic heterocycles. The lowest BCUT2D eigenvalue weighted by atomic mass is 9.95. The number of aromatic nitrogens is 2. The van der Waals surface area contributed by atoms with Crippen molar-refractivity contribution in [2.75, 3.05) is 15.9 Å². The summed E-state index contributed by atoms with van der Waals surface area (Å²) in [6.07, 6.45) is 1.08. The molecule has 2 N–H and O–H groups in total. The molecule has 2 aromatic carbocycles. The average Bonchev–Trinajstić information content (AvgIpc) is 3.06. The molecule has 7 heteroatoms. The summed E-state index contributed by atoms with van der Waals surface area (Å²) in [6, 6.07) is 13.9. The molecule has 5 nitrogen and oxygen atoms in total. The van der Waals surface area contributed by atoms with Gasteiger partial charge >= 0.3 is 0 Å². The van der Waals surface area contributed by atoms with E-state index in [1.165, 1.54) is 17.5 Å². The van der Waals surface area contributed by atoms with Crippen molar-refractivity contribution in [3.63, 3.8) is 0 Å². The van der Waals surface area contributed by atoms with Crippen molar-refractivity contribution in [2.45, 2.75) is 51.0 Å². The number of nitrogens with zero attached hydrogens (tertiary/aromatic N) is 2. The van der Waals surface area contributed by atoms with E-state index in [4.69, 9.17) is 16.6 Å². The zero-order chi connectivity index (χ0) is 21.0. The average molecular weight is 431 g/mol. The van der Waals surface area contributed by atoms with Crippen LogP contribution in [0, 0.1) is 0 Å². The summed E-state index contributed by atoms with van der Waals surface area (Å²) < 4.78 is 5.72. The molecule has 3 rings (SSSR count). The summed E-state index contributed by atoms with van der Waals surface area (Å²) in [4.78, 5) is 17.3. The van der Waals surface area contributed by atoms with Crippen molar-refractivity contribution in [1.29, 1.82) is 0 Å². The number of hydrogen-bond donors (Lipinski definition) is 2. The fraction of sp³-hybridized carbons (Fsp3) is 0.364. The van der Waals surface area contributed by atoms with Crippen LogP contribution in [0.1, 0.15) is 39.9 Å². The zero-order valence-corrected chi connectivity index (χ0v) is 18.8. The Balaban J connectivity index is 1.75. The molecule has 1 aromatic heterocycles. The summed E-state index contributed by atoms with van der Waals surface area (Å²) in [6.45, 7) is 9.77. The summed E-state index contributed by atoms with van der Waals surface area (Å²) in [5, 5.41) is 2.73. The second-order valence-electron chi connectivity index (χ2n) is 7.95. The Kier molecular flexibility index (Phi) is 6.75. The second kappa shape index (κ2) is 9.09. The number of rotatable bonds is 7. The lowest BCUT2D eigenvalue weighted by Gasteiger charge is -2.19. The van der Waals surface area contributed by atoms with E-state index in [2.05, 4.69) is 60.5 Å². The van der Waals surface area contributed by atoms with Crippen LogP contribution in [0.15, 0.2) is 47.4 Å². The molecular formula is C22H27ClN4OS. The van der Waals surface area contributed by atoms with Gasteiger partial charge in [-0.2, -0.15) is 0 Å². The summed E-state index contributed by atoms with van der Waals surface area (Å²) in [5.41, 5.74) is 3.91. The lowest BCUT2D eigenvalue weighted by Crippen LogP contribution is -2.19. The fourth-order valence-electron chi connectivity index (χ4n) is 3.13. The van der Waals surface area contributed by atoms with Gasteiger partial charge in [-0.3, -0.25) is 4.79 Å². The topological polar surface area (TPSA) is 59.0 Å². The SMILES string of the molecule is CCCn1c(C(C)(C)C)nc2cc(NSc3ccc(NC(=O)CCl)cc3)ccc21. The van der Waals surface area contributed by atoms with Crippen LogP contribution in [0.2, 0.25) is 0 Å². The van der Waals surface area contributed by atoms with Crippen LogP contribution in [0.5, 0.6) is 0 Å². The van der Waals surface area contributed by atoms with E-state index in [0.717, 1.165) is 40.6 Å². The third kappa shape index (κ3) is 5.25. The van der Waals surface area contributed by atoms with Crippen LogP contribution < -0.4 is 10.0 Å². The van der Waals surface area contributed by atoms with Gasteiger partial charge in [-0.1, -0.05) is 27.7 Å². The van der Waals surface area contributed by atoms with Crippen LogP contribution in [-0.4, -0.2) is 21.3 Å².